The summed E-state index contributed by atoms with van der Waals surface area (Å²) < 4.78 is 65.2. The molecule has 5 rings (SSSR count). The molecule has 176 valence electrons. The minimum absolute atomic E-state index is 0.00774. The van der Waals surface area contributed by atoms with E-state index < -0.39 is 21.7 Å². The fourth-order valence-corrected chi connectivity index (χ4v) is 6.59. The summed E-state index contributed by atoms with van der Waals surface area (Å²) in [4.78, 5) is 22.5. The highest BCUT2D eigenvalue weighted by Gasteiger charge is 2.59. The molecule has 3 aliphatic rings. The number of hydrogen-bond donors (Lipinski definition) is 1. The Morgan fingerprint density at radius 2 is 1.88 bits per heavy atom. The van der Waals surface area contributed by atoms with Gasteiger partial charge in [0.15, 0.2) is 9.84 Å². The molecule has 1 aliphatic carbocycles. The molecular formula is C21H21F3N4O4S. The third-order valence-electron chi connectivity index (χ3n) is 6.22. The van der Waals surface area contributed by atoms with Gasteiger partial charge in [-0.3, -0.25) is 4.79 Å². The SMILES string of the molecule is O=C(c1cnc(NCc2cc(OC(F)(F)F)cc(C3CC3)c2)nc1)N1CCC12CS(=O)(=O)C2. The predicted molar refractivity (Wildman–Crippen MR) is 111 cm³/mol. The van der Waals surface area contributed by atoms with Crippen molar-refractivity contribution in [3.63, 3.8) is 0 Å². The number of carbonyl (C=O) groups is 1. The van der Waals surface area contributed by atoms with E-state index in [1.807, 2.05) is 6.07 Å². The van der Waals surface area contributed by atoms with Crippen molar-refractivity contribution >= 4 is 21.7 Å². The second-order valence-electron chi connectivity index (χ2n) is 8.84. The molecule has 2 aromatic rings. The Labute approximate surface area is 188 Å². The second kappa shape index (κ2) is 7.57. The molecular weight excluding hydrogens is 461 g/mol. The molecule has 33 heavy (non-hydrogen) atoms. The fourth-order valence-electron chi connectivity index (χ4n) is 4.43. The highest BCUT2D eigenvalue weighted by atomic mass is 32.2. The standard InChI is InChI=1S/C21H21F3N4O4S/c22-21(23,24)32-17-6-13(5-15(7-17)14-1-2-14)8-25-19-26-9-16(10-27-19)18(29)28-4-3-20(28)11-33(30,31)12-20/h5-7,9-10,14H,1-4,8,11-12H2,(H,25,26,27). The minimum atomic E-state index is -4.77. The van der Waals surface area contributed by atoms with Crippen LogP contribution in [0.25, 0.3) is 0 Å². The molecule has 1 aromatic heterocycles. The van der Waals surface area contributed by atoms with E-state index >= 15 is 0 Å². The van der Waals surface area contributed by atoms with Crippen LogP contribution in [0.1, 0.15) is 46.7 Å². The maximum Gasteiger partial charge on any atom is 0.573 e. The van der Waals surface area contributed by atoms with Crippen LogP contribution < -0.4 is 10.1 Å². The van der Waals surface area contributed by atoms with Crippen LogP contribution >= 0.6 is 0 Å². The van der Waals surface area contributed by atoms with E-state index in [2.05, 4.69) is 20.0 Å². The molecule has 0 bridgehead atoms. The van der Waals surface area contributed by atoms with Gasteiger partial charge < -0.3 is 15.0 Å². The van der Waals surface area contributed by atoms with E-state index in [1.54, 1.807) is 4.90 Å². The van der Waals surface area contributed by atoms with E-state index in [4.69, 9.17) is 0 Å². The normalized spacial score (nSPS) is 20.6. The fraction of sp³-hybridized carbons (Fsp3) is 0.476. The Kier molecular flexibility index (Phi) is 5.03. The van der Waals surface area contributed by atoms with Gasteiger partial charge in [-0.2, -0.15) is 0 Å². The number of carbonyl (C=O) groups excluding carboxylic acids is 1. The topological polar surface area (TPSA) is 101 Å². The van der Waals surface area contributed by atoms with E-state index in [-0.39, 0.29) is 47.1 Å². The number of halogens is 3. The summed E-state index contributed by atoms with van der Waals surface area (Å²) in [6.07, 6.45) is 0.483. The van der Waals surface area contributed by atoms with Crippen molar-refractivity contribution in [2.75, 3.05) is 23.4 Å². The zero-order chi connectivity index (χ0) is 23.4. The number of aromatic nitrogens is 2. The van der Waals surface area contributed by atoms with Crippen LogP contribution in [0.3, 0.4) is 0 Å². The van der Waals surface area contributed by atoms with Crippen LogP contribution in [-0.2, 0) is 16.4 Å². The van der Waals surface area contributed by atoms with Crippen LogP contribution in [0.4, 0.5) is 19.1 Å². The van der Waals surface area contributed by atoms with Crippen LogP contribution in [0.2, 0.25) is 0 Å². The molecule has 0 unspecified atom stereocenters. The number of sulfone groups is 1. The summed E-state index contributed by atoms with van der Waals surface area (Å²) in [7, 11) is -3.06. The zero-order valence-corrected chi connectivity index (χ0v) is 18.2. The Morgan fingerprint density at radius 1 is 1.18 bits per heavy atom. The number of amides is 1. The molecule has 3 heterocycles. The number of likely N-dealkylation sites (tertiary alicyclic amines) is 1. The first-order valence-corrected chi connectivity index (χ1v) is 12.3. The van der Waals surface area contributed by atoms with Gasteiger partial charge in [0.05, 0.1) is 22.6 Å². The van der Waals surface area contributed by atoms with Crippen LogP contribution in [0, 0.1) is 0 Å². The second-order valence-corrected chi connectivity index (χ2v) is 10.9. The predicted octanol–water partition coefficient (Wildman–Crippen LogP) is 2.88. The number of hydrogen-bond acceptors (Lipinski definition) is 7. The van der Waals surface area contributed by atoms with Crippen molar-refractivity contribution in [3.8, 4) is 5.75 Å². The van der Waals surface area contributed by atoms with Gasteiger partial charge in [-0.25, -0.2) is 18.4 Å². The Bertz CT molecular complexity index is 1180. The van der Waals surface area contributed by atoms with Gasteiger partial charge in [0, 0.05) is 25.5 Å². The molecule has 8 nitrogen and oxygen atoms in total. The average molecular weight is 482 g/mol. The molecule has 0 radical (unpaired) electrons. The summed E-state index contributed by atoms with van der Waals surface area (Å²) in [6, 6.07) is 4.57. The molecule has 1 N–H and O–H groups in total. The maximum absolute atomic E-state index is 12.7. The van der Waals surface area contributed by atoms with Crippen LogP contribution in [0.15, 0.2) is 30.6 Å². The smallest absolute Gasteiger partial charge is 0.406 e. The number of anilines is 1. The van der Waals surface area contributed by atoms with Crippen LogP contribution in [-0.4, -0.2) is 59.1 Å². The van der Waals surface area contributed by atoms with Gasteiger partial charge in [0.25, 0.3) is 5.91 Å². The highest BCUT2D eigenvalue weighted by Crippen LogP contribution is 2.43. The summed E-state index contributed by atoms with van der Waals surface area (Å²) >= 11 is 0. The Morgan fingerprint density at radius 3 is 2.42 bits per heavy atom. The lowest BCUT2D eigenvalue weighted by molar-refractivity contribution is -0.274. The van der Waals surface area contributed by atoms with Crippen molar-refractivity contribution in [2.24, 2.45) is 0 Å². The zero-order valence-electron chi connectivity index (χ0n) is 17.4. The maximum atomic E-state index is 12.7. The van der Waals surface area contributed by atoms with Crippen molar-refractivity contribution in [1.82, 2.24) is 14.9 Å². The van der Waals surface area contributed by atoms with Gasteiger partial charge >= 0.3 is 6.36 Å². The van der Waals surface area contributed by atoms with Gasteiger partial charge in [-0.15, -0.1) is 13.2 Å². The molecule has 2 aliphatic heterocycles. The monoisotopic (exact) mass is 482 g/mol. The molecule has 0 atom stereocenters. The molecule has 3 fully saturated rings. The highest BCUT2D eigenvalue weighted by molar-refractivity contribution is 7.93. The average Bonchev–Trinajstić information content (AvgIpc) is 3.54. The van der Waals surface area contributed by atoms with Gasteiger partial charge in [0.1, 0.15) is 5.75 Å². The molecule has 2 saturated heterocycles. The Hall–Kier alpha value is -2.89. The number of nitrogens with one attached hydrogen (secondary N) is 1. The van der Waals surface area contributed by atoms with Crippen molar-refractivity contribution in [3.05, 3.63) is 47.3 Å². The summed E-state index contributed by atoms with van der Waals surface area (Å²) in [5.74, 6) is -0.122. The van der Waals surface area contributed by atoms with E-state index in [9.17, 15) is 26.4 Å². The van der Waals surface area contributed by atoms with Crippen molar-refractivity contribution in [2.45, 2.75) is 43.6 Å². The number of ether oxygens (including phenoxy) is 1. The lowest BCUT2D eigenvalue weighted by Gasteiger charge is -2.57. The molecule has 12 heteroatoms. The minimum Gasteiger partial charge on any atom is -0.406 e. The lowest BCUT2D eigenvalue weighted by atomic mass is 9.87. The first-order chi connectivity index (χ1) is 15.5. The number of nitrogens with zero attached hydrogens (tertiary/aromatic N) is 3. The first-order valence-electron chi connectivity index (χ1n) is 10.5. The number of alkyl halides is 3. The van der Waals surface area contributed by atoms with Gasteiger partial charge in [-0.1, -0.05) is 6.07 Å². The summed E-state index contributed by atoms with van der Waals surface area (Å²) in [5, 5.41) is 2.95. The largest absolute Gasteiger partial charge is 0.573 e. The third kappa shape index (κ3) is 4.61. The van der Waals surface area contributed by atoms with Crippen molar-refractivity contribution in [1.29, 1.82) is 0 Å². The molecule has 1 spiro atoms. The number of rotatable bonds is 6. The summed E-state index contributed by atoms with van der Waals surface area (Å²) in [5.41, 5.74) is 1.06. The van der Waals surface area contributed by atoms with E-state index in [0.717, 1.165) is 18.4 Å². The quantitative estimate of drug-likeness (QED) is 0.676. The molecule has 1 saturated carbocycles. The van der Waals surface area contributed by atoms with Crippen molar-refractivity contribution < 1.29 is 31.1 Å². The lowest BCUT2D eigenvalue weighted by Crippen LogP contribution is -2.74. The van der Waals surface area contributed by atoms with Gasteiger partial charge in [-0.05, 0) is 48.4 Å². The van der Waals surface area contributed by atoms with E-state index in [0.29, 0.717) is 18.5 Å². The molecule has 1 aromatic carbocycles. The Balaban J connectivity index is 1.23. The first kappa shape index (κ1) is 21.9. The number of benzene rings is 1. The van der Waals surface area contributed by atoms with Gasteiger partial charge in [0.2, 0.25) is 5.95 Å². The van der Waals surface area contributed by atoms with E-state index in [1.165, 1.54) is 24.5 Å². The third-order valence-corrected chi connectivity index (χ3v) is 8.17. The molecule has 1 amide bonds. The van der Waals surface area contributed by atoms with Crippen LogP contribution in [0.5, 0.6) is 5.75 Å². The summed E-state index contributed by atoms with van der Waals surface area (Å²) in [6.45, 7) is 0.670.